The van der Waals surface area contributed by atoms with Gasteiger partial charge in [0.2, 0.25) is 0 Å². The zero-order valence-corrected chi connectivity index (χ0v) is 17.2. The molecule has 0 atom stereocenters. The summed E-state index contributed by atoms with van der Waals surface area (Å²) in [6.07, 6.45) is 5.04. The molecular weight excluding hydrogens is 388 g/mol. The molecule has 0 aliphatic carbocycles. The van der Waals surface area contributed by atoms with Crippen molar-refractivity contribution in [3.8, 4) is 21.1 Å². The molecule has 0 aliphatic rings. The molecule has 0 unspecified atom stereocenters. The summed E-state index contributed by atoms with van der Waals surface area (Å²) < 4.78 is 1.06. The van der Waals surface area contributed by atoms with Gasteiger partial charge in [-0.2, -0.15) is 0 Å². The summed E-state index contributed by atoms with van der Waals surface area (Å²) in [5.41, 5.74) is 3.42. The molecule has 28 heavy (non-hydrogen) atoms. The fourth-order valence-electron chi connectivity index (χ4n) is 2.66. The molecule has 0 saturated heterocycles. The SMILES string of the molecule is C=C.C=NC(=NC)c1nc(-c2sc(-c3cncnc3)nc2C)cc2ccsc12. The fraction of sp³-hybridized carbons (Fsp3) is 0.100. The average Bonchev–Trinajstić information content (AvgIpc) is 3.37. The highest BCUT2D eigenvalue weighted by molar-refractivity contribution is 7.18. The van der Waals surface area contributed by atoms with Gasteiger partial charge in [-0.1, -0.05) is 0 Å². The summed E-state index contributed by atoms with van der Waals surface area (Å²) >= 11 is 3.20. The molecule has 8 heteroatoms. The van der Waals surface area contributed by atoms with Crippen molar-refractivity contribution in [1.29, 1.82) is 0 Å². The van der Waals surface area contributed by atoms with E-state index in [0.29, 0.717) is 5.84 Å². The van der Waals surface area contributed by atoms with Crippen LogP contribution in [0.1, 0.15) is 11.4 Å². The average molecular weight is 407 g/mol. The van der Waals surface area contributed by atoms with Gasteiger partial charge in [0.25, 0.3) is 0 Å². The van der Waals surface area contributed by atoms with Gasteiger partial charge < -0.3 is 0 Å². The molecule has 0 amide bonds. The summed E-state index contributed by atoms with van der Waals surface area (Å²) in [4.78, 5) is 26.9. The second kappa shape index (κ2) is 8.73. The summed E-state index contributed by atoms with van der Waals surface area (Å²) in [6.45, 7) is 11.6. The predicted octanol–water partition coefficient (Wildman–Crippen LogP) is 5.06. The number of rotatable bonds is 3. The monoisotopic (exact) mass is 406 g/mol. The van der Waals surface area contributed by atoms with Gasteiger partial charge in [-0.15, -0.1) is 35.8 Å². The minimum absolute atomic E-state index is 0.540. The lowest BCUT2D eigenvalue weighted by molar-refractivity contribution is 1.16. The van der Waals surface area contributed by atoms with Gasteiger partial charge >= 0.3 is 0 Å². The van der Waals surface area contributed by atoms with Crippen molar-refractivity contribution >= 4 is 45.3 Å². The maximum atomic E-state index is 4.84. The largest absolute Gasteiger partial charge is 0.268 e. The van der Waals surface area contributed by atoms with Crippen LogP contribution in [-0.2, 0) is 0 Å². The fourth-order valence-corrected chi connectivity index (χ4v) is 4.53. The third kappa shape index (κ3) is 3.64. The van der Waals surface area contributed by atoms with Crippen LogP contribution in [-0.4, -0.2) is 39.5 Å². The number of pyridine rings is 1. The minimum Gasteiger partial charge on any atom is -0.268 e. The van der Waals surface area contributed by atoms with Crippen LogP contribution in [0.15, 0.2) is 59.4 Å². The van der Waals surface area contributed by atoms with E-state index in [0.717, 1.165) is 42.6 Å². The van der Waals surface area contributed by atoms with E-state index < -0.39 is 0 Å². The van der Waals surface area contributed by atoms with E-state index >= 15 is 0 Å². The first-order chi connectivity index (χ1) is 13.7. The Hall–Kier alpha value is -3.10. The van der Waals surface area contributed by atoms with Crippen molar-refractivity contribution in [2.75, 3.05) is 7.05 Å². The molecule has 4 aromatic heterocycles. The van der Waals surface area contributed by atoms with E-state index in [1.165, 1.54) is 6.33 Å². The number of hydrogen-bond acceptors (Lipinski definition) is 7. The van der Waals surface area contributed by atoms with E-state index in [1.807, 2.05) is 12.3 Å². The zero-order chi connectivity index (χ0) is 20.1. The van der Waals surface area contributed by atoms with Crippen LogP contribution in [0.5, 0.6) is 0 Å². The van der Waals surface area contributed by atoms with E-state index in [9.17, 15) is 0 Å². The minimum atomic E-state index is 0.540. The van der Waals surface area contributed by atoms with E-state index in [2.05, 4.69) is 56.9 Å². The Morgan fingerprint density at radius 3 is 2.57 bits per heavy atom. The Morgan fingerprint density at radius 2 is 1.89 bits per heavy atom. The van der Waals surface area contributed by atoms with Gasteiger partial charge in [-0.3, -0.25) is 4.99 Å². The topological polar surface area (TPSA) is 76.3 Å². The molecule has 0 N–H and O–H groups in total. The molecule has 0 spiro atoms. The normalized spacial score (nSPS) is 11.1. The Labute approximate surface area is 171 Å². The number of aromatic nitrogens is 4. The van der Waals surface area contributed by atoms with Crippen molar-refractivity contribution in [2.45, 2.75) is 6.92 Å². The van der Waals surface area contributed by atoms with Gasteiger partial charge in [0.1, 0.15) is 17.0 Å². The quantitative estimate of drug-likeness (QED) is 0.271. The van der Waals surface area contributed by atoms with Crippen molar-refractivity contribution in [1.82, 2.24) is 19.9 Å². The van der Waals surface area contributed by atoms with Crippen LogP contribution >= 0.6 is 22.7 Å². The first-order valence-corrected chi connectivity index (χ1v) is 9.96. The first-order valence-electron chi connectivity index (χ1n) is 8.26. The molecule has 4 aromatic rings. The third-order valence-corrected chi connectivity index (χ3v) is 6.01. The Bertz CT molecular complexity index is 1140. The Kier molecular flexibility index (Phi) is 6.13. The molecule has 140 valence electrons. The van der Waals surface area contributed by atoms with Crippen LogP contribution in [0.3, 0.4) is 0 Å². The second-order valence-corrected chi connectivity index (χ2v) is 7.38. The molecular formula is C20H18N6S2. The van der Waals surface area contributed by atoms with Crippen LogP contribution in [0.25, 0.3) is 31.2 Å². The standard InChI is InChI=1S/C18H14N6S2.C2H4/c1-10-15(26-18(23-10)12-7-21-9-22-8-12)13-6-11-4-5-25-16(11)14(24-13)17(19-2)20-3;1-2/h4-9H,2H2,1,3H3;1-2H2. The molecule has 0 aliphatic heterocycles. The third-order valence-electron chi connectivity index (χ3n) is 3.85. The summed E-state index contributed by atoms with van der Waals surface area (Å²) in [5.74, 6) is 0.540. The number of hydrogen-bond donors (Lipinski definition) is 0. The molecule has 4 heterocycles. The van der Waals surface area contributed by atoms with E-state index in [-0.39, 0.29) is 0 Å². The molecule has 6 nitrogen and oxygen atoms in total. The number of fused-ring (bicyclic) bond motifs is 1. The Morgan fingerprint density at radius 1 is 1.14 bits per heavy atom. The smallest absolute Gasteiger partial charge is 0.174 e. The molecule has 0 bridgehead atoms. The highest BCUT2D eigenvalue weighted by Gasteiger charge is 2.17. The summed E-state index contributed by atoms with van der Waals surface area (Å²) in [7, 11) is 1.70. The van der Waals surface area contributed by atoms with Gasteiger partial charge in [0, 0.05) is 25.0 Å². The van der Waals surface area contributed by atoms with Crippen molar-refractivity contribution in [2.24, 2.45) is 9.98 Å². The van der Waals surface area contributed by atoms with Crippen LogP contribution in [0.2, 0.25) is 0 Å². The second-order valence-electron chi connectivity index (χ2n) is 5.46. The van der Waals surface area contributed by atoms with Crippen LogP contribution in [0.4, 0.5) is 0 Å². The van der Waals surface area contributed by atoms with E-state index in [1.54, 1.807) is 42.1 Å². The number of aryl methyl sites for hydroxylation is 1. The maximum Gasteiger partial charge on any atom is 0.174 e. The lowest BCUT2D eigenvalue weighted by atomic mass is 10.2. The lowest BCUT2D eigenvalue weighted by Crippen LogP contribution is -2.01. The Balaban J connectivity index is 0.00000109. The molecule has 0 fully saturated rings. The van der Waals surface area contributed by atoms with Crippen molar-refractivity contribution < 1.29 is 0 Å². The lowest BCUT2D eigenvalue weighted by Gasteiger charge is -2.05. The van der Waals surface area contributed by atoms with Crippen LogP contribution in [0, 0.1) is 6.92 Å². The predicted molar refractivity (Wildman–Crippen MR) is 120 cm³/mol. The number of thiazole rings is 1. The molecule has 0 radical (unpaired) electrons. The highest BCUT2D eigenvalue weighted by atomic mass is 32.1. The number of aliphatic imine (C=N–C) groups is 2. The molecule has 4 rings (SSSR count). The van der Waals surface area contributed by atoms with Gasteiger partial charge in [-0.05, 0) is 36.5 Å². The maximum absolute atomic E-state index is 4.84. The van der Waals surface area contributed by atoms with Crippen molar-refractivity contribution in [3.05, 3.63) is 60.8 Å². The zero-order valence-electron chi connectivity index (χ0n) is 15.6. The van der Waals surface area contributed by atoms with Crippen molar-refractivity contribution in [3.63, 3.8) is 0 Å². The highest BCUT2D eigenvalue weighted by Crippen LogP contribution is 2.36. The number of amidine groups is 1. The summed E-state index contributed by atoms with van der Waals surface area (Å²) in [5, 5.41) is 4.03. The number of nitrogens with zero attached hydrogens (tertiary/aromatic N) is 6. The first kappa shape index (κ1) is 19.7. The summed E-state index contributed by atoms with van der Waals surface area (Å²) in [6, 6.07) is 4.16. The van der Waals surface area contributed by atoms with Crippen LogP contribution < -0.4 is 0 Å². The number of thiophene rings is 1. The molecule has 0 aromatic carbocycles. The molecule has 0 saturated carbocycles. The van der Waals surface area contributed by atoms with Gasteiger partial charge in [0.15, 0.2) is 5.84 Å². The van der Waals surface area contributed by atoms with Gasteiger partial charge in [-0.25, -0.2) is 24.9 Å². The van der Waals surface area contributed by atoms with Gasteiger partial charge in [0.05, 0.1) is 21.0 Å². The van der Waals surface area contributed by atoms with E-state index in [4.69, 9.17) is 4.98 Å².